The lowest BCUT2D eigenvalue weighted by Crippen LogP contribution is -2.31. The van der Waals surface area contributed by atoms with Crippen LogP contribution in [0.5, 0.6) is 5.75 Å². The van der Waals surface area contributed by atoms with Gasteiger partial charge in [0.05, 0.1) is 24.5 Å². The molecule has 0 bridgehead atoms. The number of hydrogen-bond donors (Lipinski definition) is 1. The number of carbonyl (C=O) groups is 1. The molecule has 0 saturated heterocycles. The molecule has 3 aromatic carbocycles. The number of nitrogens with one attached hydrogen (secondary N) is 1. The fourth-order valence-electron chi connectivity index (χ4n) is 3.12. The fourth-order valence-corrected chi connectivity index (χ4v) is 4.14. The van der Waals surface area contributed by atoms with Gasteiger partial charge in [0.1, 0.15) is 5.75 Å². The predicted molar refractivity (Wildman–Crippen MR) is 127 cm³/mol. The van der Waals surface area contributed by atoms with Gasteiger partial charge >= 0.3 is 0 Å². The third-order valence-electron chi connectivity index (χ3n) is 4.81. The predicted octanol–water partition coefficient (Wildman–Crippen LogP) is 4.56. The first-order valence-electron chi connectivity index (χ1n) is 10.0. The topological polar surface area (TPSA) is 75.7 Å². The summed E-state index contributed by atoms with van der Waals surface area (Å²) < 4.78 is 31.5. The third kappa shape index (κ3) is 6.73. The standard InChI is InChI=1S/C24H25ClN2O4S/c1-18(20-8-10-21(25)11-9-20)26-24(28)17-31-23-14-12-22(13-15-23)27(32(2,29)30)16-19-6-4-3-5-7-19/h3-15,18H,16-17H2,1-2H3,(H,26,28). The molecule has 32 heavy (non-hydrogen) atoms. The molecule has 0 spiro atoms. The zero-order valence-corrected chi connectivity index (χ0v) is 19.4. The van der Waals surface area contributed by atoms with Crippen LogP contribution in [0.4, 0.5) is 5.69 Å². The van der Waals surface area contributed by atoms with E-state index in [4.69, 9.17) is 16.3 Å². The fraction of sp³-hybridized carbons (Fsp3) is 0.208. The number of sulfonamides is 1. The Morgan fingerprint density at radius 3 is 2.22 bits per heavy atom. The first kappa shape index (κ1) is 23.6. The zero-order valence-electron chi connectivity index (χ0n) is 17.9. The summed E-state index contributed by atoms with van der Waals surface area (Å²) >= 11 is 5.89. The van der Waals surface area contributed by atoms with E-state index >= 15 is 0 Å². The summed E-state index contributed by atoms with van der Waals surface area (Å²) in [4.78, 5) is 12.2. The number of amides is 1. The minimum absolute atomic E-state index is 0.156. The van der Waals surface area contributed by atoms with Gasteiger partial charge in [-0.2, -0.15) is 0 Å². The minimum Gasteiger partial charge on any atom is -0.484 e. The highest BCUT2D eigenvalue weighted by atomic mass is 35.5. The SMILES string of the molecule is CC(NC(=O)COc1ccc(N(Cc2ccccc2)S(C)(=O)=O)cc1)c1ccc(Cl)cc1. The lowest BCUT2D eigenvalue weighted by atomic mass is 10.1. The van der Waals surface area contributed by atoms with E-state index in [2.05, 4.69) is 5.32 Å². The van der Waals surface area contributed by atoms with Gasteiger partial charge in [-0.05, 0) is 54.4 Å². The van der Waals surface area contributed by atoms with E-state index in [9.17, 15) is 13.2 Å². The molecule has 8 heteroatoms. The highest BCUT2D eigenvalue weighted by Crippen LogP contribution is 2.24. The van der Waals surface area contributed by atoms with Crippen LogP contribution in [0.2, 0.25) is 5.02 Å². The highest BCUT2D eigenvalue weighted by Gasteiger charge is 2.18. The van der Waals surface area contributed by atoms with Crippen LogP contribution in [0.1, 0.15) is 24.1 Å². The Kier molecular flexibility index (Phi) is 7.77. The Hall–Kier alpha value is -3.03. The van der Waals surface area contributed by atoms with Crippen molar-refractivity contribution in [2.45, 2.75) is 19.5 Å². The Morgan fingerprint density at radius 2 is 1.62 bits per heavy atom. The maximum atomic E-state index is 12.3. The van der Waals surface area contributed by atoms with Gasteiger partial charge < -0.3 is 10.1 Å². The summed E-state index contributed by atoms with van der Waals surface area (Å²) in [5.41, 5.74) is 2.33. The molecule has 3 aromatic rings. The molecule has 0 saturated carbocycles. The van der Waals surface area contributed by atoms with Crippen LogP contribution < -0.4 is 14.4 Å². The highest BCUT2D eigenvalue weighted by molar-refractivity contribution is 7.92. The number of nitrogens with zero attached hydrogens (tertiary/aromatic N) is 1. The maximum absolute atomic E-state index is 12.3. The second-order valence-corrected chi connectivity index (χ2v) is 9.72. The average Bonchev–Trinajstić information content (AvgIpc) is 2.77. The van der Waals surface area contributed by atoms with Crippen molar-refractivity contribution in [3.05, 3.63) is 95.0 Å². The number of anilines is 1. The normalized spacial score (nSPS) is 12.1. The quantitative estimate of drug-likeness (QED) is 0.495. The van der Waals surface area contributed by atoms with E-state index in [0.29, 0.717) is 16.5 Å². The average molecular weight is 473 g/mol. The largest absolute Gasteiger partial charge is 0.484 e. The van der Waals surface area contributed by atoms with Gasteiger partial charge in [-0.1, -0.05) is 54.1 Å². The molecule has 0 aliphatic heterocycles. The molecule has 3 rings (SSSR count). The summed E-state index contributed by atoms with van der Waals surface area (Å²) in [7, 11) is -3.48. The minimum atomic E-state index is -3.48. The molecule has 0 radical (unpaired) electrons. The Labute approximate surface area is 193 Å². The molecule has 0 aliphatic rings. The van der Waals surface area contributed by atoms with Crippen molar-refractivity contribution >= 4 is 33.2 Å². The molecule has 6 nitrogen and oxygen atoms in total. The van der Waals surface area contributed by atoms with Crippen LogP contribution in [-0.4, -0.2) is 27.2 Å². The molecule has 1 atom stereocenters. The Morgan fingerprint density at radius 1 is 1.00 bits per heavy atom. The van der Waals surface area contributed by atoms with Crippen molar-refractivity contribution in [2.75, 3.05) is 17.2 Å². The van der Waals surface area contributed by atoms with Crippen LogP contribution >= 0.6 is 11.6 Å². The van der Waals surface area contributed by atoms with Crippen LogP contribution in [0.25, 0.3) is 0 Å². The van der Waals surface area contributed by atoms with Gasteiger partial charge in [-0.3, -0.25) is 9.10 Å². The van der Waals surface area contributed by atoms with Gasteiger partial charge in [0.25, 0.3) is 5.91 Å². The van der Waals surface area contributed by atoms with Gasteiger partial charge in [0.2, 0.25) is 10.0 Å². The summed E-state index contributed by atoms with van der Waals surface area (Å²) in [5.74, 6) is 0.203. The van der Waals surface area contributed by atoms with E-state index in [0.717, 1.165) is 11.1 Å². The van der Waals surface area contributed by atoms with Crippen LogP contribution in [0, 0.1) is 0 Å². The van der Waals surface area contributed by atoms with Gasteiger partial charge in [-0.25, -0.2) is 8.42 Å². The van der Waals surface area contributed by atoms with E-state index in [1.165, 1.54) is 10.6 Å². The second-order valence-electron chi connectivity index (χ2n) is 7.38. The summed E-state index contributed by atoms with van der Waals surface area (Å²) in [6, 6.07) is 23.1. The Bertz CT molecular complexity index is 1130. The van der Waals surface area contributed by atoms with E-state index < -0.39 is 10.0 Å². The summed E-state index contributed by atoms with van der Waals surface area (Å²) in [5, 5.41) is 3.50. The van der Waals surface area contributed by atoms with Crippen molar-refractivity contribution in [1.29, 1.82) is 0 Å². The number of halogens is 1. The number of hydrogen-bond acceptors (Lipinski definition) is 4. The zero-order chi connectivity index (χ0) is 23.1. The number of benzene rings is 3. The van der Waals surface area contributed by atoms with E-state index in [-0.39, 0.29) is 25.1 Å². The van der Waals surface area contributed by atoms with Gasteiger partial charge in [0, 0.05) is 5.02 Å². The first-order chi connectivity index (χ1) is 15.2. The molecule has 0 heterocycles. The van der Waals surface area contributed by atoms with Crippen molar-refractivity contribution in [2.24, 2.45) is 0 Å². The molecular formula is C24H25ClN2O4S. The molecule has 0 aliphatic carbocycles. The molecule has 1 N–H and O–H groups in total. The molecule has 0 aromatic heterocycles. The van der Waals surface area contributed by atoms with E-state index in [1.807, 2.05) is 49.4 Å². The third-order valence-corrected chi connectivity index (χ3v) is 6.20. The number of ether oxygens (including phenoxy) is 1. The summed E-state index contributed by atoms with van der Waals surface area (Å²) in [6.07, 6.45) is 1.17. The monoisotopic (exact) mass is 472 g/mol. The first-order valence-corrected chi connectivity index (χ1v) is 12.2. The lowest BCUT2D eigenvalue weighted by Gasteiger charge is -2.23. The Balaban J connectivity index is 1.59. The van der Waals surface area contributed by atoms with Crippen molar-refractivity contribution in [3.8, 4) is 5.75 Å². The van der Waals surface area contributed by atoms with Crippen LogP contribution in [-0.2, 0) is 21.4 Å². The summed E-state index contributed by atoms with van der Waals surface area (Å²) in [6.45, 7) is 1.95. The lowest BCUT2D eigenvalue weighted by molar-refractivity contribution is -0.123. The van der Waals surface area contributed by atoms with Crippen LogP contribution in [0.15, 0.2) is 78.9 Å². The molecule has 1 unspecified atom stereocenters. The smallest absolute Gasteiger partial charge is 0.258 e. The molecule has 0 fully saturated rings. The van der Waals surface area contributed by atoms with Crippen molar-refractivity contribution in [3.63, 3.8) is 0 Å². The van der Waals surface area contributed by atoms with Crippen molar-refractivity contribution in [1.82, 2.24) is 5.32 Å². The van der Waals surface area contributed by atoms with E-state index in [1.54, 1.807) is 36.4 Å². The van der Waals surface area contributed by atoms with Crippen LogP contribution in [0.3, 0.4) is 0 Å². The van der Waals surface area contributed by atoms with Gasteiger partial charge in [0.15, 0.2) is 6.61 Å². The number of rotatable bonds is 9. The second kappa shape index (κ2) is 10.5. The maximum Gasteiger partial charge on any atom is 0.258 e. The number of carbonyl (C=O) groups excluding carboxylic acids is 1. The molecule has 1 amide bonds. The van der Waals surface area contributed by atoms with Gasteiger partial charge in [-0.15, -0.1) is 0 Å². The molecule has 168 valence electrons. The molecular weight excluding hydrogens is 448 g/mol. The van der Waals surface area contributed by atoms with Crippen molar-refractivity contribution < 1.29 is 17.9 Å².